The molecule has 0 bridgehead atoms. The molecule has 0 spiro atoms. The van der Waals surface area contributed by atoms with Gasteiger partial charge in [0.05, 0.1) is 25.1 Å². The SMILES string of the molecule is COC(=O)[C@H]1C[C@H]1[C@H](N)C(=O)N1CCC[C@H]1C#N.O=C(O)C(F)(F)F. The van der Waals surface area contributed by atoms with Gasteiger partial charge in [0, 0.05) is 6.54 Å². The Morgan fingerprint density at radius 3 is 2.40 bits per heavy atom. The fourth-order valence-corrected chi connectivity index (χ4v) is 2.57. The van der Waals surface area contributed by atoms with Gasteiger partial charge in [-0.05, 0) is 25.2 Å². The average molecular weight is 365 g/mol. The van der Waals surface area contributed by atoms with Crippen LogP contribution < -0.4 is 5.73 Å². The highest BCUT2D eigenvalue weighted by atomic mass is 19.4. The van der Waals surface area contributed by atoms with Crippen LogP contribution in [0, 0.1) is 23.2 Å². The van der Waals surface area contributed by atoms with E-state index in [9.17, 15) is 22.8 Å². The third-order valence-electron chi connectivity index (χ3n) is 4.02. The molecule has 0 aromatic heterocycles. The van der Waals surface area contributed by atoms with Crippen molar-refractivity contribution in [3.8, 4) is 6.07 Å². The summed E-state index contributed by atoms with van der Waals surface area (Å²) in [4.78, 5) is 33.9. The number of carbonyl (C=O) groups is 3. The molecule has 1 aliphatic heterocycles. The van der Waals surface area contributed by atoms with Crippen LogP contribution in [0.25, 0.3) is 0 Å². The zero-order chi connectivity index (χ0) is 19.4. The fraction of sp³-hybridized carbons (Fsp3) is 0.714. The van der Waals surface area contributed by atoms with Crippen LogP contribution >= 0.6 is 0 Å². The van der Waals surface area contributed by atoms with Gasteiger partial charge in [-0.15, -0.1) is 0 Å². The van der Waals surface area contributed by atoms with E-state index in [4.69, 9.17) is 20.9 Å². The summed E-state index contributed by atoms with van der Waals surface area (Å²) in [7, 11) is 1.33. The van der Waals surface area contributed by atoms with E-state index in [1.807, 2.05) is 0 Å². The van der Waals surface area contributed by atoms with Gasteiger partial charge in [0.2, 0.25) is 5.91 Å². The molecular formula is C14H18F3N3O5. The van der Waals surface area contributed by atoms with E-state index >= 15 is 0 Å². The average Bonchev–Trinajstić information content (AvgIpc) is 3.21. The van der Waals surface area contributed by atoms with Gasteiger partial charge in [-0.1, -0.05) is 0 Å². The number of nitrogens with two attached hydrogens (primary N) is 1. The highest BCUT2D eigenvalue weighted by Gasteiger charge is 2.51. The van der Waals surface area contributed by atoms with E-state index in [0.717, 1.165) is 6.42 Å². The van der Waals surface area contributed by atoms with Gasteiger partial charge < -0.3 is 20.5 Å². The smallest absolute Gasteiger partial charge is 0.475 e. The molecule has 8 nitrogen and oxygen atoms in total. The van der Waals surface area contributed by atoms with E-state index < -0.39 is 18.2 Å². The minimum atomic E-state index is -5.08. The molecule has 11 heteroatoms. The van der Waals surface area contributed by atoms with Crippen LogP contribution in [0.4, 0.5) is 13.2 Å². The van der Waals surface area contributed by atoms with Crippen LogP contribution in [0.3, 0.4) is 0 Å². The number of esters is 1. The van der Waals surface area contributed by atoms with Crippen LogP contribution in [0.2, 0.25) is 0 Å². The van der Waals surface area contributed by atoms with Crippen molar-refractivity contribution in [2.24, 2.45) is 17.6 Å². The molecule has 1 aliphatic carbocycles. The summed E-state index contributed by atoms with van der Waals surface area (Å²) >= 11 is 0. The summed E-state index contributed by atoms with van der Waals surface area (Å²) in [5, 5.41) is 16.1. The maximum Gasteiger partial charge on any atom is 0.490 e. The molecule has 2 fully saturated rings. The second kappa shape index (κ2) is 8.15. The lowest BCUT2D eigenvalue weighted by atomic mass is 10.1. The molecule has 1 saturated carbocycles. The van der Waals surface area contributed by atoms with Gasteiger partial charge in [-0.3, -0.25) is 9.59 Å². The largest absolute Gasteiger partial charge is 0.490 e. The first-order chi connectivity index (χ1) is 11.5. The summed E-state index contributed by atoms with van der Waals surface area (Å²) in [5.74, 6) is -3.66. The number of carbonyl (C=O) groups excluding carboxylic acids is 2. The molecule has 2 rings (SSSR count). The fourth-order valence-electron chi connectivity index (χ4n) is 2.57. The Morgan fingerprint density at radius 1 is 1.40 bits per heavy atom. The number of ether oxygens (including phenoxy) is 1. The molecule has 140 valence electrons. The number of amides is 1. The number of nitriles is 1. The lowest BCUT2D eigenvalue weighted by Crippen LogP contribution is -2.47. The number of nitrogens with zero attached hydrogens (tertiary/aromatic N) is 2. The molecule has 1 heterocycles. The molecule has 1 amide bonds. The van der Waals surface area contributed by atoms with Crippen molar-refractivity contribution in [3.05, 3.63) is 0 Å². The lowest BCUT2D eigenvalue weighted by molar-refractivity contribution is -0.192. The number of rotatable bonds is 3. The van der Waals surface area contributed by atoms with Gasteiger partial charge in [0.25, 0.3) is 0 Å². The van der Waals surface area contributed by atoms with Crippen LogP contribution in [0.5, 0.6) is 0 Å². The molecule has 2 aliphatic rings. The first kappa shape index (κ1) is 20.7. The Kier molecular flexibility index (Phi) is 6.75. The highest BCUT2D eigenvalue weighted by Crippen LogP contribution is 2.42. The lowest BCUT2D eigenvalue weighted by Gasteiger charge is -2.23. The van der Waals surface area contributed by atoms with Crippen LogP contribution in [0.15, 0.2) is 0 Å². The third kappa shape index (κ3) is 5.32. The van der Waals surface area contributed by atoms with Crippen LogP contribution in [-0.4, -0.2) is 59.8 Å². The van der Waals surface area contributed by atoms with Gasteiger partial charge in [-0.2, -0.15) is 18.4 Å². The second-order valence-electron chi connectivity index (χ2n) is 5.68. The quantitative estimate of drug-likeness (QED) is 0.686. The molecule has 0 radical (unpaired) electrons. The maximum atomic E-state index is 12.2. The van der Waals surface area contributed by atoms with Crippen molar-refractivity contribution in [1.82, 2.24) is 4.90 Å². The number of carboxylic acids is 1. The number of hydrogen-bond donors (Lipinski definition) is 2. The first-order valence-electron chi connectivity index (χ1n) is 7.38. The molecular weight excluding hydrogens is 347 g/mol. The monoisotopic (exact) mass is 365 g/mol. The Bertz CT molecular complexity index is 575. The molecule has 1 saturated heterocycles. The topological polar surface area (TPSA) is 134 Å². The summed E-state index contributed by atoms with van der Waals surface area (Å²) in [6, 6.07) is 1.06. The standard InChI is InChI=1S/C12H17N3O3.C2HF3O2/c1-18-12(17)9-5-8(9)10(14)11(16)15-4-2-3-7(15)6-13;3-2(4,5)1(6)7/h7-10H,2-5,14H2,1H3;(H,6,7)/t7-,8+,9-,10-;/m0./s1. The van der Waals surface area contributed by atoms with E-state index in [2.05, 4.69) is 10.8 Å². The number of hydrogen-bond acceptors (Lipinski definition) is 6. The minimum Gasteiger partial charge on any atom is -0.475 e. The normalized spacial score (nSPS) is 25.9. The number of aliphatic carboxylic acids is 1. The Labute approximate surface area is 141 Å². The summed E-state index contributed by atoms with van der Waals surface area (Å²) in [5.41, 5.74) is 5.89. The minimum absolute atomic E-state index is 0.134. The number of halogens is 3. The molecule has 25 heavy (non-hydrogen) atoms. The Hall–Kier alpha value is -2.35. The maximum absolute atomic E-state index is 12.2. The Morgan fingerprint density at radius 2 is 1.96 bits per heavy atom. The van der Waals surface area contributed by atoms with E-state index in [-0.39, 0.29) is 29.8 Å². The predicted molar refractivity (Wildman–Crippen MR) is 75.6 cm³/mol. The zero-order valence-corrected chi connectivity index (χ0v) is 13.3. The van der Waals surface area contributed by atoms with Crippen molar-refractivity contribution in [2.45, 2.75) is 37.5 Å². The number of alkyl halides is 3. The molecule has 0 aromatic rings. The van der Waals surface area contributed by atoms with Crippen molar-refractivity contribution in [3.63, 3.8) is 0 Å². The van der Waals surface area contributed by atoms with Crippen LogP contribution in [0.1, 0.15) is 19.3 Å². The molecule has 0 unspecified atom stereocenters. The van der Waals surface area contributed by atoms with Gasteiger partial charge >= 0.3 is 18.1 Å². The van der Waals surface area contributed by atoms with Crippen molar-refractivity contribution in [1.29, 1.82) is 5.26 Å². The van der Waals surface area contributed by atoms with E-state index in [1.54, 1.807) is 0 Å². The highest BCUT2D eigenvalue weighted by molar-refractivity contribution is 5.85. The summed E-state index contributed by atoms with van der Waals surface area (Å²) < 4.78 is 36.4. The zero-order valence-electron chi connectivity index (χ0n) is 13.3. The second-order valence-corrected chi connectivity index (χ2v) is 5.68. The third-order valence-corrected chi connectivity index (χ3v) is 4.02. The van der Waals surface area contributed by atoms with Gasteiger partial charge in [-0.25, -0.2) is 4.79 Å². The van der Waals surface area contributed by atoms with Crippen molar-refractivity contribution < 1.29 is 37.4 Å². The molecule has 0 aromatic carbocycles. The van der Waals surface area contributed by atoms with Crippen molar-refractivity contribution >= 4 is 17.8 Å². The van der Waals surface area contributed by atoms with Gasteiger partial charge in [0.15, 0.2) is 0 Å². The van der Waals surface area contributed by atoms with E-state index in [1.165, 1.54) is 12.0 Å². The van der Waals surface area contributed by atoms with Gasteiger partial charge in [0.1, 0.15) is 6.04 Å². The molecule has 4 atom stereocenters. The Balaban J connectivity index is 0.000000381. The van der Waals surface area contributed by atoms with E-state index in [0.29, 0.717) is 19.4 Å². The number of methoxy groups -OCH3 is 1. The number of carboxylic acid groups (broad SMARTS) is 1. The number of likely N-dealkylation sites (tertiary alicyclic amines) is 1. The molecule has 3 N–H and O–H groups in total. The summed E-state index contributed by atoms with van der Waals surface area (Å²) in [6.45, 7) is 0.584. The summed E-state index contributed by atoms with van der Waals surface area (Å²) in [6.07, 6.45) is -2.94. The first-order valence-corrected chi connectivity index (χ1v) is 7.38. The van der Waals surface area contributed by atoms with Crippen LogP contribution in [-0.2, 0) is 19.1 Å². The predicted octanol–water partition coefficient (Wildman–Crippen LogP) is 0.271. The van der Waals surface area contributed by atoms with Crippen molar-refractivity contribution in [2.75, 3.05) is 13.7 Å².